The van der Waals surface area contributed by atoms with E-state index < -0.39 is 10.0 Å². The summed E-state index contributed by atoms with van der Waals surface area (Å²) >= 11 is 0. The Balaban J connectivity index is 1.55. The van der Waals surface area contributed by atoms with E-state index in [-0.39, 0.29) is 17.3 Å². The molecule has 1 aliphatic carbocycles. The molecule has 6 nitrogen and oxygen atoms in total. The molecule has 7 heteroatoms. The molecule has 2 heterocycles. The van der Waals surface area contributed by atoms with Crippen LogP contribution in [-0.2, 0) is 10.0 Å². The summed E-state index contributed by atoms with van der Waals surface area (Å²) in [7, 11) is -3.17. The van der Waals surface area contributed by atoms with E-state index in [9.17, 15) is 8.42 Å². The van der Waals surface area contributed by atoms with Crippen LogP contribution in [0.25, 0.3) is 0 Å². The van der Waals surface area contributed by atoms with E-state index in [1.54, 1.807) is 0 Å². The molecule has 0 unspecified atom stereocenters. The molecular weight excluding hydrogens is 304 g/mol. The molecular formula is C15H20N2O4S. The van der Waals surface area contributed by atoms with Crippen molar-refractivity contribution in [1.29, 1.82) is 0 Å². The largest absolute Gasteiger partial charge is 0.486 e. The van der Waals surface area contributed by atoms with Crippen LogP contribution in [0.4, 0.5) is 0 Å². The van der Waals surface area contributed by atoms with Crippen LogP contribution in [0.15, 0.2) is 18.2 Å². The second-order valence-electron chi connectivity index (χ2n) is 6.09. The van der Waals surface area contributed by atoms with Gasteiger partial charge in [0.15, 0.2) is 11.5 Å². The van der Waals surface area contributed by atoms with Crippen molar-refractivity contribution < 1.29 is 17.9 Å². The third kappa shape index (κ3) is 2.68. The summed E-state index contributed by atoms with van der Waals surface area (Å²) < 4.78 is 38.4. The molecule has 2 aliphatic heterocycles. The third-order valence-corrected chi connectivity index (χ3v) is 6.41. The Labute approximate surface area is 130 Å². The fourth-order valence-electron chi connectivity index (χ4n) is 3.12. The van der Waals surface area contributed by atoms with Gasteiger partial charge in [-0.25, -0.2) is 13.1 Å². The smallest absolute Gasteiger partial charge is 0.214 e. The monoisotopic (exact) mass is 324 g/mol. The van der Waals surface area contributed by atoms with Crippen LogP contribution in [0.3, 0.4) is 0 Å². The van der Waals surface area contributed by atoms with Crippen LogP contribution in [0.2, 0.25) is 0 Å². The van der Waals surface area contributed by atoms with Crippen LogP contribution >= 0.6 is 0 Å². The van der Waals surface area contributed by atoms with Crippen LogP contribution in [0.1, 0.15) is 30.9 Å². The lowest BCUT2D eigenvalue weighted by molar-refractivity contribution is 0.171. The molecule has 0 spiro atoms. The molecule has 22 heavy (non-hydrogen) atoms. The summed E-state index contributed by atoms with van der Waals surface area (Å²) in [5, 5.41) is 3.20. The average molecular weight is 324 g/mol. The Morgan fingerprint density at radius 2 is 1.86 bits per heavy atom. The molecule has 4 rings (SSSR count). The summed E-state index contributed by atoms with van der Waals surface area (Å²) in [5.41, 5.74) is 1.03. The minimum atomic E-state index is -3.17. The van der Waals surface area contributed by atoms with Gasteiger partial charge in [-0.15, -0.1) is 0 Å². The first-order valence-corrected chi connectivity index (χ1v) is 9.32. The van der Waals surface area contributed by atoms with E-state index in [1.807, 2.05) is 18.2 Å². The number of hydrogen-bond donors (Lipinski definition) is 2. The molecule has 2 N–H and O–H groups in total. The summed E-state index contributed by atoms with van der Waals surface area (Å²) in [4.78, 5) is 0. The topological polar surface area (TPSA) is 76.7 Å². The Kier molecular flexibility index (Phi) is 3.51. The van der Waals surface area contributed by atoms with E-state index in [2.05, 4.69) is 10.0 Å². The van der Waals surface area contributed by atoms with E-state index >= 15 is 0 Å². The van der Waals surface area contributed by atoms with Crippen molar-refractivity contribution in [2.24, 2.45) is 0 Å². The van der Waals surface area contributed by atoms with Gasteiger partial charge in [-0.3, -0.25) is 0 Å². The van der Waals surface area contributed by atoms with Crippen LogP contribution in [-0.4, -0.2) is 39.5 Å². The van der Waals surface area contributed by atoms with Crippen molar-refractivity contribution in [1.82, 2.24) is 10.0 Å². The Bertz CT molecular complexity index is 672. The summed E-state index contributed by atoms with van der Waals surface area (Å²) in [6, 6.07) is 5.71. The van der Waals surface area contributed by atoms with Gasteiger partial charge in [0.05, 0.1) is 5.25 Å². The minimum Gasteiger partial charge on any atom is -0.486 e. The molecule has 120 valence electrons. The van der Waals surface area contributed by atoms with Crippen LogP contribution in [0.5, 0.6) is 11.5 Å². The summed E-state index contributed by atoms with van der Waals surface area (Å²) in [6.45, 7) is 1.92. The van der Waals surface area contributed by atoms with Crippen molar-refractivity contribution >= 4 is 10.0 Å². The molecule has 0 aromatic heterocycles. The van der Waals surface area contributed by atoms with E-state index in [4.69, 9.17) is 9.47 Å². The fourth-order valence-corrected chi connectivity index (χ4v) is 4.74. The van der Waals surface area contributed by atoms with Gasteiger partial charge in [-0.2, -0.15) is 0 Å². The number of hydrogen-bond acceptors (Lipinski definition) is 5. The predicted octanol–water partition coefficient (Wildman–Crippen LogP) is 0.943. The summed E-state index contributed by atoms with van der Waals surface area (Å²) in [6.07, 6.45) is 2.36. The predicted molar refractivity (Wildman–Crippen MR) is 81.7 cm³/mol. The highest BCUT2D eigenvalue weighted by molar-refractivity contribution is 7.90. The molecule has 1 saturated heterocycles. The average Bonchev–Trinajstić information content (AvgIpc) is 3.29. The molecule has 1 aromatic rings. The molecule has 3 aliphatic rings. The van der Waals surface area contributed by atoms with Crippen molar-refractivity contribution in [3.63, 3.8) is 0 Å². The van der Waals surface area contributed by atoms with E-state index in [0.29, 0.717) is 13.2 Å². The van der Waals surface area contributed by atoms with Crippen molar-refractivity contribution in [3.05, 3.63) is 23.8 Å². The second-order valence-corrected chi connectivity index (χ2v) is 8.08. The SMILES string of the molecule is O=S(=O)(N[C@@H]1CCN[C@H]1c1ccc2c(c1)OCCO2)C1CC1. The van der Waals surface area contributed by atoms with Gasteiger partial charge in [-0.1, -0.05) is 6.07 Å². The van der Waals surface area contributed by atoms with Gasteiger partial charge < -0.3 is 14.8 Å². The number of rotatable bonds is 4. The molecule has 2 fully saturated rings. The zero-order chi connectivity index (χ0) is 15.2. The van der Waals surface area contributed by atoms with Gasteiger partial charge in [0, 0.05) is 12.1 Å². The molecule has 0 radical (unpaired) electrons. The zero-order valence-corrected chi connectivity index (χ0v) is 13.1. The fraction of sp³-hybridized carbons (Fsp3) is 0.600. The molecule has 0 amide bonds. The molecule has 0 bridgehead atoms. The summed E-state index contributed by atoms with van der Waals surface area (Å²) in [5.74, 6) is 1.49. The maximum atomic E-state index is 12.2. The highest BCUT2D eigenvalue weighted by Crippen LogP contribution is 2.35. The van der Waals surface area contributed by atoms with Gasteiger partial charge in [0.25, 0.3) is 0 Å². The second kappa shape index (κ2) is 5.40. The Morgan fingerprint density at radius 3 is 2.64 bits per heavy atom. The van der Waals surface area contributed by atoms with Crippen molar-refractivity contribution in [2.75, 3.05) is 19.8 Å². The molecule has 2 atom stereocenters. The number of fused-ring (bicyclic) bond motifs is 1. The Hall–Kier alpha value is -1.31. The lowest BCUT2D eigenvalue weighted by Crippen LogP contribution is -2.40. The number of ether oxygens (including phenoxy) is 2. The maximum absolute atomic E-state index is 12.2. The quantitative estimate of drug-likeness (QED) is 0.862. The standard InChI is InChI=1S/C15H20N2O4S/c18-22(19,11-2-3-11)17-12-5-6-16-15(12)10-1-4-13-14(9-10)21-8-7-20-13/h1,4,9,11-12,15-17H,2-3,5-8H2/t12-,15+/m1/s1. The number of benzene rings is 1. The van der Waals surface area contributed by atoms with Crippen molar-refractivity contribution in [3.8, 4) is 11.5 Å². The Morgan fingerprint density at radius 1 is 1.09 bits per heavy atom. The third-order valence-electron chi connectivity index (χ3n) is 4.43. The number of nitrogens with one attached hydrogen (secondary N) is 2. The first-order valence-electron chi connectivity index (χ1n) is 7.77. The van der Waals surface area contributed by atoms with Crippen LogP contribution < -0.4 is 19.5 Å². The van der Waals surface area contributed by atoms with Gasteiger partial charge in [0.2, 0.25) is 10.0 Å². The zero-order valence-electron chi connectivity index (χ0n) is 12.2. The lowest BCUT2D eigenvalue weighted by Gasteiger charge is -2.24. The highest BCUT2D eigenvalue weighted by Gasteiger charge is 2.40. The minimum absolute atomic E-state index is 0.0237. The highest BCUT2D eigenvalue weighted by atomic mass is 32.2. The van der Waals surface area contributed by atoms with Gasteiger partial charge >= 0.3 is 0 Å². The van der Waals surface area contributed by atoms with Crippen LogP contribution in [0, 0.1) is 0 Å². The molecule has 1 saturated carbocycles. The maximum Gasteiger partial charge on any atom is 0.214 e. The molecule has 1 aromatic carbocycles. The van der Waals surface area contributed by atoms with Gasteiger partial charge in [-0.05, 0) is 43.5 Å². The lowest BCUT2D eigenvalue weighted by atomic mass is 10.0. The van der Waals surface area contributed by atoms with Crippen molar-refractivity contribution in [2.45, 2.75) is 36.6 Å². The first kappa shape index (κ1) is 14.3. The van der Waals surface area contributed by atoms with Gasteiger partial charge in [0.1, 0.15) is 13.2 Å². The normalized spacial score (nSPS) is 27.8. The van der Waals surface area contributed by atoms with E-state index in [1.165, 1.54) is 0 Å². The first-order chi connectivity index (χ1) is 10.6. The van der Waals surface area contributed by atoms with E-state index in [0.717, 1.165) is 42.9 Å². The number of sulfonamides is 1.